The van der Waals surface area contributed by atoms with Crippen LogP contribution in [0.1, 0.15) is 33.6 Å². The van der Waals surface area contributed by atoms with E-state index in [4.69, 9.17) is 9.78 Å². The molecule has 0 fully saturated rings. The highest BCUT2D eigenvalue weighted by Crippen LogP contribution is 2.09. The summed E-state index contributed by atoms with van der Waals surface area (Å²) in [6, 6.07) is 0. The van der Waals surface area contributed by atoms with Gasteiger partial charge in [-0.3, -0.25) is 4.79 Å². The van der Waals surface area contributed by atoms with E-state index < -0.39 is 5.60 Å². The van der Waals surface area contributed by atoms with Gasteiger partial charge in [0.1, 0.15) is 12.2 Å². The number of unbranched alkanes of at least 4 members (excludes halogenated alkanes) is 1. The van der Waals surface area contributed by atoms with Crippen LogP contribution in [0.3, 0.4) is 0 Å². The Hall–Kier alpha value is -1.43. The zero-order valence-corrected chi connectivity index (χ0v) is 12.9. The van der Waals surface area contributed by atoms with Gasteiger partial charge >= 0.3 is 0 Å². The summed E-state index contributed by atoms with van der Waals surface area (Å²) in [7, 11) is 0. The monoisotopic (exact) mass is 295 g/mol. The molecular formula is C16H25NO4. The third kappa shape index (κ3) is 9.18. The van der Waals surface area contributed by atoms with Gasteiger partial charge in [0.05, 0.1) is 5.60 Å². The Morgan fingerprint density at radius 3 is 2.62 bits per heavy atom. The molecule has 21 heavy (non-hydrogen) atoms. The summed E-state index contributed by atoms with van der Waals surface area (Å²) in [5.74, 6) is -0.193. The number of aliphatic hydroxyl groups is 1. The maximum absolute atomic E-state index is 11.4. The fraction of sp³-hybridized carbons (Fsp3) is 0.562. The standard InChI is InChI=1S/C16H25NO4/c1-13-10-11-14(21-20-13)8-6-4-5-7-9-15(18)17-12-16(2,3)19/h6-11,13-14,19H,4-5,12H2,1-3H3,(H,17,18)/b8-6+,9-7+/t13-,14+/m0/s1. The van der Waals surface area contributed by atoms with Gasteiger partial charge in [-0.05, 0) is 39.7 Å². The summed E-state index contributed by atoms with van der Waals surface area (Å²) >= 11 is 0. The van der Waals surface area contributed by atoms with Crippen molar-refractivity contribution in [2.45, 2.75) is 51.4 Å². The van der Waals surface area contributed by atoms with E-state index in [-0.39, 0.29) is 24.7 Å². The molecule has 1 amide bonds. The van der Waals surface area contributed by atoms with E-state index in [1.54, 1.807) is 19.9 Å². The number of hydrogen-bond donors (Lipinski definition) is 2. The van der Waals surface area contributed by atoms with Gasteiger partial charge in [-0.25, -0.2) is 9.78 Å². The second-order valence-corrected chi connectivity index (χ2v) is 5.69. The Bertz CT molecular complexity index is 407. The van der Waals surface area contributed by atoms with Crippen molar-refractivity contribution in [1.29, 1.82) is 0 Å². The lowest BCUT2D eigenvalue weighted by molar-refractivity contribution is -0.326. The van der Waals surface area contributed by atoms with Gasteiger partial charge in [0.15, 0.2) is 0 Å². The first-order valence-electron chi connectivity index (χ1n) is 7.21. The normalized spacial score (nSPS) is 23.0. The molecule has 1 heterocycles. The van der Waals surface area contributed by atoms with Crippen LogP contribution in [0.2, 0.25) is 0 Å². The Balaban J connectivity index is 2.14. The highest BCUT2D eigenvalue weighted by atomic mass is 17.2. The second-order valence-electron chi connectivity index (χ2n) is 5.69. The predicted octanol–water partition coefficient (Wildman–Crippen LogP) is 2.04. The molecule has 0 aromatic heterocycles. The number of hydrogen-bond acceptors (Lipinski definition) is 4. The highest BCUT2D eigenvalue weighted by Gasteiger charge is 2.12. The molecule has 2 atom stereocenters. The molecule has 0 aromatic rings. The fourth-order valence-electron chi connectivity index (χ4n) is 1.55. The zero-order chi connectivity index (χ0) is 15.7. The smallest absolute Gasteiger partial charge is 0.243 e. The van der Waals surface area contributed by atoms with Gasteiger partial charge in [0, 0.05) is 6.54 Å². The molecule has 0 aromatic carbocycles. The molecule has 1 rings (SSSR count). The fourth-order valence-corrected chi connectivity index (χ4v) is 1.55. The third-order valence-electron chi connectivity index (χ3n) is 2.68. The van der Waals surface area contributed by atoms with Crippen molar-refractivity contribution in [1.82, 2.24) is 5.32 Å². The number of nitrogens with one attached hydrogen (secondary N) is 1. The van der Waals surface area contributed by atoms with Gasteiger partial charge in [0.2, 0.25) is 5.91 Å². The van der Waals surface area contributed by atoms with Crippen molar-refractivity contribution in [3.63, 3.8) is 0 Å². The quantitative estimate of drug-likeness (QED) is 0.326. The van der Waals surface area contributed by atoms with E-state index in [2.05, 4.69) is 5.32 Å². The number of rotatable bonds is 7. The summed E-state index contributed by atoms with van der Waals surface area (Å²) in [4.78, 5) is 21.6. The lowest BCUT2D eigenvalue weighted by atomic mass is 10.1. The summed E-state index contributed by atoms with van der Waals surface area (Å²) in [6.45, 7) is 5.44. The molecule has 0 unspecified atom stereocenters. The molecule has 0 bridgehead atoms. The lowest BCUT2D eigenvalue weighted by Crippen LogP contribution is -2.37. The number of carbonyl (C=O) groups excluding carboxylic acids is 1. The van der Waals surface area contributed by atoms with E-state index in [9.17, 15) is 9.90 Å². The van der Waals surface area contributed by atoms with Crippen LogP contribution in [0.25, 0.3) is 0 Å². The molecule has 0 radical (unpaired) electrons. The molecule has 0 aliphatic carbocycles. The first-order chi connectivity index (χ1) is 9.87. The van der Waals surface area contributed by atoms with Crippen LogP contribution in [0.4, 0.5) is 0 Å². The van der Waals surface area contributed by atoms with Crippen molar-refractivity contribution >= 4 is 5.91 Å². The van der Waals surface area contributed by atoms with Crippen LogP contribution in [0, 0.1) is 0 Å². The van der Waals surface area contributed by atoms with E-state index in [1.165, 1.54) is 6.08 Å². The molecule has 0 spiro atoms. The summed E-state index contributed by atoms with van der Waals surface area (Å²) in [5.41, 5.74) is -0.890. The number of amides is 1. The second kappa shape index (κ2) is 8.77. The zero-order valence-electron chi connectivity index (χ0n) is 12.9. The molecular weight excluding hydrogens is 270 g/mol. The van der Waals surface area contributed by atoms with E-state index in [1.807, 2.05) is 31.2 Å². The van der Waals surface area contributed by atoms with Crippen LogP contribution in [0.5, 0.6) is 0 Å². The topological polar surface area (TPSA) is 67.8 Å². The maximum Gasteiger partial charge on any atom is 0.243 e. The Morgan fingerprint density at radius 2 is 2.00 bits per heavy atom. The molecule has 0 saturated carbocycles. The van der Waals surface area contributed by atoms with Crippen molar-refractivity contribution in [3.8, 4) is 0 Å². The molecule has 1 aliphatic rings. The van der Waals surface area contributed by atoms with Crippen molar-refractivity contribution in [2.75, 3.05) is 6.54 Å². The third-order valence-corrected chi connectivity index (χ3v) is 2.68. The van der Waals surface area contributed by atoms with Crippen molar-refractivity contribution < 1.29 is 19.7 Å². The van der Waals surface area contributed by atoms with Crippen molar-refractivity contribution in [2.24, 2.45) is 0 Å². The highest BCUT2D eigenvalue weighted by molar-refractivity contribution is 5.87. The van der Waals surface area contributed by atoms with E-state index >= 15 is 0 Å². The van der Waals surface area contributed by atoms with Gasteiger partial charge in [-0.1, -0.05) is 30.4 Å². The molecule has 1 aliphatic heterocycles. The average molecular weight is 295 g/mol. The number of allylic oxidation sites excluding steroid dienone is 2. The SMILES string of the molecule is C[C@H]1C=C[C@@H](/C=C/CC/C=C/C(=O)NCC(C)(C)O)OO1. The Morgan fingerprint density at radius 1 is 1.29 bits per heavy atom. The maximum atomic E-state index is 11.4. The predicted molar refractivity (Wildman–Crippen MR) is 81.4 cm³/mol. The van der Waals surface area contributed by atoms with Gasteiger partial charge in [0.25, 0.3) is 0 Å². The van der Waals surface area contributed by atoms with E-state index in [0.29, 0.717) is 0 Å². The Kier molecular flexibility index (Phi) is 7.36. The first kappa shape index (κ1) is 17.6. The summed E-state index contributed by atoms with van der Waals surface area (Å²) in [5, 5.41) is 12.1. The Labute approximate surface area is 126 Å². The summed E-state index contributed by atoms with van der Waals surface area (Å²) < 4.78 is 0. The minimum Gasteiger partial charge on any atom is -0.389 e. The lowest BCUT2D eigenvalue weighted by Gasteiger charge is -2.17. The minimum absolute atomic E-state index is 0.00000553. The number of carbonyl (C=O) groups is 1. The van der Waals surface area contributed by atoms with Gasteiger partial charge in [-0.15, -0.1) is 0 Å². The van der Waals surface area contributed by atoms with Crippen molar-refractivity contribution in [3.05, 3.63) is 36.5 Å². The average Bonchev–Trinajstić information content (AvgIpc) is 2.41. The first-order valence-corrected chi connectivity index (χ1v) is 7.21. The molecule has 5 nitrogen and oxygen atoms in total. The van der Waals surface area contributed by atoms with Crippen LogP contribution >= 0.6 is 0 Å². The van der Waals surface area contributed by atoms with Crippen LogP contribution in [0.15, 0.2) is 36.5 Å². The van der Waals surface area contributed by atoms with E-state index in [0.717, 1.165) is 12.8 Å². The minimum atomic E-state index is -0.890. The van der Waals surface area contributed by atoms with Gasteiger partial charge < -0.3 is 10.4 Å². The van der Waals surface area contributed by atoms with Crippen LogP contribution in [-0.4, -0.2) is 35.4 Å². The van der Waals surface area contributed by atoms with Gasteiger partial charge in [-0.2, -0.15) is 0 Å². The molecule has 118 valence electrons. The molecule has 0 saturated heterocycles. The molecule has 5 heteroatoms. The van der Waals surface area contributed by atoms with Crippen LogP contribution < -0.4 is 5.32 Å². The van der Waals surface area contributed by atoms with Crippen LogP contribution in [-0.2, 0) is 14.6 Å². The molecule has 2 N–H and O–H groups in total. The largest absolute Gasteiger partial charge is 0.389 e. The summed E-state index contributed by atoms with van der Waals surface area (Å²) in [6.07, 6.45) is 12.6.